The summed E-state index contributed by atoms with van der Waals surface area (Å²) in [6.07, 6.45) is 0. The van der Waals surface area contributed by atoms with Crippen molar-refractivity contribution >= 4 is 41.3 Å². The summed E-state index contributed by atoms with van der Waals surface area (Å²) in [5, 5.41) is 17.3. The van der Waals surface area contributed by atoms with E-state index in [1.165, 1.54) is 10.4 Å². The maximum absolute atomic E-state index is 5.41. The quantitative estimate of drug-likeness (QED) is 0.329. The van der Waals surface area contributed by atoms with E-state index in [0.29, 0.717) is 6.54 Å². The van der Waals surface area contributed by atoms with Gasteiger partial charge in [-0.25, -0.2) is 4.99 Å². The molecule has 0 radical (unpaired) electrons. The van der Waals surface area contributed by atoms with Gasteiger partial charge in [-0.1, -0.05) is 0 Å². The number of halogens is 1. The number of hydrogen-bond acceptors (Lipinski definition) is 6. The van der Waals surface area contributed by atoms with Crippen LogP contribution in [0.2, 0.25) is 0 Å². The minimum Gasteiger partial charge on any atom is -0.379 e. The highest BCUT2D eigenvalue weighted by Gasteiger charge is 2.10. The van der Waals surface area contributed by atoms with Crippen LogP contribution in [-0.2, 0) is 24.9 Å². The van der Waals surface area contributed by atoms with Crippen LogP contribution >= 0.6 is 35.3 Å². The average Bonchev–Trinajstić information content (AvgIpc) is 3.23. The van der Waals surface area contributed by atoms with Gasteiger partial charge in [0.05, 0.1) is 19.8 Å². The van der Waals surface area contributed by atoms with Gasteiger partial charge in [0, 0.05) is 38.1 Å². The summed E-state index contributed by atoms with van der Waals surface area (Å²) >= 11 is 1.76. The minimum atomic E-state index is 0. The zero-order valence-electron chi connectivity index (χ0n) is 16.8. The molecule has 1 aliphatic rings. The zero-order valence-corrected chi connectivity index (χ0v) is 19.9. The van der Waals surface area contributed by atoms with Crippen LogP contribution in [-0.4, -0.2) is 65.0 Å². The number of aromatic nitrogens is 3. The topological polar surface area (TPSA) is 79.6 Å². The Balaban J connectivity index is 0.00000280. The zero-order chi connectivity index (χ0) is 19.1. The molecule has 2 N–H and O–H groups in total. The van der Waals surface area contributed by atoms with Crippen LogP contribution in [0, 0.1) is 13.8 Å². The van der Waals surface area contributed by atoms with Crippen LogP contribution in [0.15, 0.2) is 16.4 Å². The fourth-order valence-electron chi connectivity index (χ4n) is 2.82. The summed E-state index contributed by atoms with van der Waals surface area (Å²) in [4.78, 5) is 8.44. The minimum absolute atomic E-state index is 0. The third-order valence-electron chi connectivity index (χ3n) is 4.77. The second-order valence-corrected chi connectivity index (χ2v) is 7.65. The van der Waals surface area contributed by atoms with Crippen LogP contribution in [0.4, 0.5) is 0 Å². The Morgan fingerprint density at radius 1 is 1.25 bits per heavy atom. The van der Waals surface area contributed by atoms with E-state index in [1.54, 1.807) is 11.3 Å². The van der Waals surface area contributed by atoms with Crippen molar-refractivity contribution in [3.05, 3.63) is 33.5 Å². The number of thiophene rings is 1. The molecule has 2 aromatic heterocycles. The molecule has 2 aromatic rings. The van der Waals surface area contributed by atoms with E-state index in [1.807, 2.05) is 18.5 Å². The standard InChI is InChI=1S/C18H29N7OS.HI/c1-14-4-11-27-16(14)12-20-18(19-5-6-25-7-9-26-10-8-25)21-13-17-23-22-15(2)24(17)3;/h4,11H,5-10,12-13H2,1-3H3,(H2,19,20,21);1H. The van der Waals surface area contributed by atoms with Gasteiger partial charge in [-0.3, -0.25) is 4.90 Å². The highest BCUT2D eigenvalue weighted by Crippen LogP contribution is 2.14. The molecule has 0 aliphatic carbocycles. The monoisotopic (exact) mass is 519 g/mol. The Morgan fingerprint density at radius 2 is 2.04 bits per heavy atom. The molecule has 1 fully saturated rings. The van der Waals surface area contributed by atoms with Gasteiger partial charge in [0.25, 0.3) is 0 Å². The highest BCUT2D eigenvalue weighted by atomic mass is 127. The fraction of sp³-hybridized carbons (Fsp3) is 0.611. The first-order valence-corrected chi connectivity index (χ1v) is 10.2. The Bertz CT molecular complexity index is 755. The largest absolute Gasteiger partial charge is 0.379 e. The molecule has 8 nitrogen and oxygen atoms in total. The van der Waals surface area contributed by atoms with Crippen molar-refractivity contribution in [1.29, 1.82) is 0 Å². The second kappa shape index (κ2) is 11.7. The highest BCUT2D eigenvalue weighted by molar-refractivity contribution is 14.0. The van der Waals surface area contributed by atoms with Gasteiger partial charge in [0.15, 0.2) is 11.8 Å². The molecule has 0 spiro atoms. The Morgan fingerprint density at radius 3 is 2.68 bits per heavy atom. The summed E-state index contributed by atoms with van der Waals surface area (Å²) in [6, 6.07) is 2.15. The molecule has 3 rings (SSSR count). The number of morpholine rings is 1. The van der Waals surface area contributed by atoms with Crippen LogP contribution in [0.1, 0.15) is 22.1 Å². The smallest absolute Gasteiger partial charge is 0.192 e. The van der Waals surface area contributed by atoms with Crippen molar-refractivity contribution in [2.45, 2.75) is 26.9 Å². The number of aliphatic imine (C=N–C) groups is 1. The first kappa shape index (κ1) is 23.0. The fourth-order valence-corrected chi connectivity index (χ4v) is 3.67. The van der Waals surface area contributed by atoms with Gasteiger partial charge in [0.2, 0.25) is 0 Å². The molecule has 156 valence electrons. The number of nitrogens with zero attached hydrogens (tertiary/aromatic N) is 5. The Kier molecular flexibility index (Phi) is 9.62. The summed E-state index contributed by atoms with van der Waals surface area (Å²) in [5.74, 6) is 2.55. The molecule has 0 aromatic carbocycles. The van der Waals surface area contributed by atoms with E-state index in [-0.39, 0.29) is 24.0 Å². The summed E-state index contributed by atoms with van der Waals surface area (Å²) in [6.45, 7) is 10.8. The molecule has 0 atom stereocenters. The van der Waals surface area contributed by atoms with Gasteiger partial charge < -0.3 is 19.9 Å². The van der Waals surface area contributed by atoms with E-state index < -0.39 is 0 Å². The van der Waals surface area contributed by atoms with Crippen LogP contribution in [0.25, 0.3) is 0 Å². The predicted molar refractivity (Wildman–Crippen MR) is 123 cm³/mol. The van der Waals surface area contributed by atoms with Crippen molar-refractivity contribution in [3.63, 3.8) is 0 Å². The maximum Gasteiger partial charge on any atom is 0.192 e. The Labute approximate surface area is 187 Å². The lowest BCUT2D eigenvalue weighted by Gasteiger charge is -2.26. The molecule has 0 unspecified atom stereocenters. The second-order valence-electron chi connectivity index (χ2n) is 6.65. The van der Waals surface area contributed by atoms with E-state index in [0.717, 1.165) is 63.5 Å². The average molecular weight is 519 g/mol. The molecule has 1 saturated heterocycles. The third kappa shape index (κ3) is 6.68. The number of rotatable bonds is 7. The lowest BCUT2D eigenvalue weighted by Crippen LogP contribution is -2.44. The molecule has 0 saturated carbocycles. The van der Waals surface area contributed by atoms with E-state index in [2.05, 4.69) is 44.1 Å². The predicted octanol–water partition coefficient (Wildman–Crippen LogP) is 1.68. The molecule has 10 heteroatoms. The van der Waals surface area contributed by atoms with Crippen LogP contribution in [0.3, 0.4) is 0 Å². The summed E-state index contributed by atoms with van der Waals surface area (Å²) in [7, 11) is 1.97. The van der Waals surface area contributed by atoms with E-state index in [4.69, 9.17) is 9.73 Å². The molecular formula is C18H30IN7OS. The number of guanidine groups is 1. The van der Waals surface area contributed by atoms with Crippen molar-refractivity contribution < 1.29 is 4.74 Å². The van der Waals surface area contributed by atoms with Crippen LogP contribution < -0.4 is 10.6 Å². The summed E-state index contributed by atoms with van der Waals surface area (Å²) < 4.78 is 7.38. The molecule has 1 aliphatic heterocycles. The molecule has 0 bridgehead atoms. The Hall–Kier alpha value is -1.24. The van der Waals surface area contributed by atoms with Gasteiger partial charge in [0.1, 0.15) is 12.4 Å². The number of ether oxygens (including phenoxy) is 1. The maximum atomic E-state index is 5.41. The van der Waals surface area contributed by atoms with Gasteiger partial charge in [-0.15, -0.1) is 45.5 Å². The third-order valence-corrected chi connectivity index (χ3v) is 5.79. The number of nitrogens with one attached hydrogen (secondary N) is 2. The number of aryl methyl sites for hydroxylation is 2. The summed E-state index contributed by atoms with van der Waals surface area (Å²) in [5.41, 5.74) is 1.31. The number of hydrogen-bond donors (Lipinski definition) is 2. The van der Waals surface area contributed by atoms with E-state index in [9.17, 15) is 0 Å². The molecule has 28 heavy (non-hydrogen) atoms. The lowest BCUT2D eigenvalue weighted by atomic mass is 10.3. The molecular weight excluding hydrogens is 489 g/mol. The first-order valence-electron chi connectivity index (χ1n) is 9.33. The molecule has 3 heterocycles. The SMILES string of the molecule is Cc1ccsc1CNC(=NCc1nnc(C)n1C)NCCN1CCOCC1.I. The van der Waals surface area contributed by atoms with Crippen molar-refractivity contribution in [1.82, 2.24) is 30.3 Å². The van der Waals surface area contributed by atoms with Gasteiger partial charge in [-0.2, -0.15) is 0 Å². The first-order chi connectivity index (χ1) is 13.1. The molecule has 0 amide bonds. The van der Waals surface area contributed by atoms with Gasteiger partial charge >= 0.3 is 0 Å². The van der Waals surface area contributed by atoms with Crippen molar-refractivity contribution in [2.24, 2.45) is 12.0 Å². The van der Waals surface area contributed by atoms with Crippen molar-refractivity contribution in [3.8, 4) is 0 Å². The van der Waals surface area contributed by atoms with Crippen LogP contribution in [0.5, 0.6) is 0 Å². The normalized spacial score (nSPS) is 15.3. The van der Waals surface area contributed by atoms with E-state index >= 15 is 0 Å². The lowest BCUT2D eigenvalue weighted by molar-refractivity contribution is 0.0389. The van der Waals surface area contributed by atoms with Gasteiger partial charge in [-0.05, 0) is 30.9 Å². The van der Waals surface area contributed by atoms with Crippen molar-refractivity contribution in [2.75, 3.05) is 39.4 Å².